The van der Waals surface area contributed by atoms with Crippen LogP contribution in [0.1, 0.15) is 342 Å². The van der Waals surface area contributed by atoms with Crippen molar-refractivity contribution in [1.29, 1.82) is 0 Å². The van der Waals surface area contributed by atoms with Crippen LogP contribution in [0.3, 0.4) is 0 Å². The van der Waals surface area contributed by atoms with Gasteiger partial charge >= 0.3 is 11.9 Å². The van der Waals surface area contributed by atoms with E-state index in [2.05, 4.69) is 81.5 Å². The fourth-order valence-corrected chi connectivity index (χ4v) is 9.72. The lowest BCUT2D eigenvalue weighted by molar-refractivity contribution is -0.163. The molecule has 0 bridgehead atoms. The Bertz CT molecular complexity index is 1260. The van der Waals surface area contributed by atoms with E-state index in [1.54, 1.807) is 0 Å². The van der Waals surface area contributed by atoms with Crippen LogP contribution in [-0.2, 0) is 23.8 Å². The van der Waals surface area contributed by atoms with E-state index in [0.29, 0.717) is 19.4 Å². The van der Waals surface area contributed by atoms with Crippen LogP contribution in [0.5, 0.6) is 0 Å². The molecule has 0 aromatic rings. The molecule has 0 rings (SSSR count). The molecule has 432 valence electrons. The zero-order chi connectivity index (χ0) is 53.4. The number of allylic oxidation sites excluding steroid dienone is 10. The molecule has 0 N–H and O–H groups in total. The summed E-state index contributed by atoms with van der Waals surface area (Å²) >= 11 is 0. The van der Waals surface area contributed by atoms with Gasteiger partial charge in [0.15, 0.2) is 6.10 Å². The maximum atomic E-state index is 12.9. The minimum Gasteiger partial charge on any atom is -0.462 e. The van der Waals surface area contributed by atoms with Gasteiger partial charge < -0.3 is 14.2 Å². The summed E-state index contributed by atoms with van der Waals surface area (Å²) in [6.07, 6.45) is 84.1. The zero-order valence-corrected chi connectivity index (χ0v) is 49.9. The summed E-state index contributed by atoms with van der Waals surface area (Å²) in [7, 11) is 0. The lowest BCUT2D eigenvalue weighted by Gasteiger charge is -2.18. The predicted molar refractivity (Wildman–Crippen MR) is 325 cm³/mol. The van der Waals surface area contributed by atoms with Crippen LogP contribution >= 0.6 is 0 Å². The van der Waals surface area contributed by atoms with Gasteiger partial charge in [0, 0.05) is 19.4 Å². The molecule has 0 aromatic heterocycles. The van der Waals surface area contributed by atoms with Gasteiger partial charge in [0.25, 0.3) is 0 Å². The van der Waals surface area contributed by atoms with Gasteiger partial charge in [-0.2, -0.15) is 0 Å². The molecule has 74 heavy (non-hydrogen) atoms. The van der Waals surface area contributed by atoms with Crippen LogP contribution in [0.25, 0.3) is 0 Å². The number of hydrogen-bond donors (Lipinski definition) is 0. The number of carbonyl (C=O) groups is 2. The van der Waals surface area contributed by atoms with Crippen LogP contribution in [-0.4, -0.2) is 37.9 Å². The van der Waals surface area contributed by atoms with Gasteiger partial charge in [-0.25, -0.2) is 0 Å². The van der Waals surface area contributed by atoms with Gasteiger partial charge in [0.05, 0.1) is 6.61 Å². The zero-order valence-electron chi connectivity index (χ0n) is 49.9. The Kier molecular flexibility index (Phi) is 62.8. The van der Waals surface area contributed by atoms with E-state index >= 15 is 0 Å². The molecular formula is C69H126O5. The highest BCUT2D eigenvalue weighted by Crippen LogP contribution is 2.18. The average molecular weight is 1040 g/mol. The highest BCUT2D eigenvalue weighted by Gasteiger charge is 2.18. The molecule has 0 heterocycles. The Labute approximate surface area is 462 Å². The van der Waals surface area contributed by atoms with Crippen LogP contribution in [0.4, 0.5) is 0 Å². The van der Waals surface area contributed by atoms with E-state index in [1.807, 2.05) is 0 Å². The quantitative estimate of drug-likeness (QED) is 0.0345. The molecule has 0 aliphatic rings. The minimum absolute atomic E-state index is 0.0795. The molecular weight excluding hydrogens is 909 g/mol. The summed E-state index contributed by atoms with van der Waals surface area (Å²) in [6, 6.07) is 0. The molecule has 0 aromatic carbocycles. The Morgan fingerprint density at radius 3 is 0.973 bits per heavy atom. The molecule has 0 aliphatic heterocycles. The van der Waals surface area contributed by atoms with Crippen LogP contribution in [0, 0.1) is 0 Å². The fraction of sp³-hybridized carbons (Fsp3) is 0.826. The van der Waals surface area contributed by atoms with Gasteiger partial charge in [-0.3, -0.25) is 9.59 Å². The molecule has 5 heteroatoms. The van der Waals surface area contributed by atoms with E-state index in [9.17, 15) is 9.59 Å². The SMILES string of the molecule is CC/C=C\C/C=C\C/C=C\C/C=C\C/C=C\CCCCCCOCC(COC(=O)CCCCCCCCCCCCCCCCCCCCC)OC(=O)CCCCCCCCCCCCCCCCCCCCC. The predicted octanol–water partition coefficient (Wildman–Crippen LogP) is 22.8. The Balaban J connectivity index is 4.29. The molecule has 1 atom stereocenters. The van der Waals surface area contributed by atoms with E-state index < -0.39 is 6.10 Å². The molecule has 0 fully saturated rings. The first-order chi connectivity index (χ1) is 36.6. The molecule has 0 saturated carbocycles. The summed E-state index contributed by atoms with van der Waals surface area (Å²) in [5.74, 6) is -0.389. The highest BCUT2D eigenvalue weighted by molar-refractivity contribution is 5.70. The summed E-state index contributed by atoms with van der Waals surface area (Å²) in [4.78, 5) is 25.7. The molecule has 0 saturated heterocycles. The first kappa shape index (κ1) is 71.6. The monoisotopic (exact) mass is 1030 g/mol. The summed E-state index contributed by atoms with van der Waals surface area (Å²) < 4.78 is 17.6. The smallest absolute Gasteiger partial charge is 0.306 e. The van der Waals surface area contributed by atoms with E-state index in [0.717, 1.165) is 77.0 Å². The van der Waals surface area contributed by atoms with Crippen molar-refractivity contribution in [3.8, 4) is 0 Å². The van der Waals surface area contributed by atoms with Crippen molar-refractivity contribution in [2.75, 3.05) is 19.8 Å². The number of unbranched alkanes of at least 4 members (excludes halogenated alkanes) is 40. The molecule has 0 amide bonds. The third-order valence-electron chi connectivity index (χ3n) is 14.6. The van der Waals surface area contributed by atoms with Gasteiger partial charge in [-0.05, 0) is 64.2 Å². The number of ether oxygens (including phenoxy) is 3. The van der Waals surface area contributed by atoms with Crippen molar-refractivity contribution in [3.63, 3.8) is 0 Å². The second kappa shape index (κ2) is 64.9. The fourth-order valence-electron chi connectivity index (χ4n) is 9.72. The Morgan fingerprint density at radius 2 is 0.608 bits per heavy atom. The molecule has 0 radical (unpaired) electrons. The molecule has 0 spiro atoms. The lowest BCUT2D eigenvalue weighted by Crippen LogP contribution is -2.30. The van der Waals surface area contributed by atoms with Crippen LogP contribution < -0.4 is 0 Å². The first-order valence-corrected chi connectivity index (χ1v) is 32.8. The first-order valence-electron chi connectivity index (χ1n) is 32.8. The maximum absolute atomic E-state index is 12.9. The van der Waals surface area contributed by atoms with Crippen molar-refractivity contribution < 1.29 is 23.8 Å². The third kappa shape index (κ3) is 62.1. The topological polar surface area (TPSA) is 61.8 Å². The standard InChI is InChI=1S/C69H126O5/c1-4-7-10-13-16-19-22-25-28-31-34-37-40-43-46-49-52-55-58-61-64-72-65-67(74-69(71)63-60-57-54-51-48-45-42-39-36-33-30-27-24-21-18-15-12-9-6-3)66-73-68(70)62-59-56-53-50-47-44-41-38-35-32-29-26-23-20-17-14-11-8-5-2/h7,10,16,19,25,28,34,37,43,46,67H,4-6,8-9,11-15,17-18,20-24,26-27,29-33,35-36,38-42,44-45,47-66H2,1-3H3/b10-7-,19-16-,28-25-,37-34-,46-43-. The second-order valence-electron chi connectivity index (χ2n) is 22.0. The summed E-state index contributed by atoms with van der Waals surface area (Å²) in [6.45, 7) is 7.73. The second-order valence-corrected chi connectivity index (χ2v) is 22.0. The summed E-state index contributed by atoms with van der Waals surface area (Å²) in [5, 5.41) is 0. The van der Waals surface area contributed by atoms with Crippen molar-refractivity contribution in [3.05, 3.63) is 60.8 Å². The minimum atomic E-state index is -0.549. The lowest BCUT2D eigenvalue weighted by atomic mass is 10.0. The van der Waals surface area contributed by atoms with Crippen molar-refractivity contribution in [2.24, 2.45) is 0 Å². The molecule has 5 nitrogen and oxygen atoms in total. The van der Waals surface area contributed by atoms with Crippen molar-refractivity contribution in [2.45, 2.75) is 348 Å². The van der Waals surface area contributed by atoms with Gasteiger partial charge in [0.1, 0.15) is 6.61 Å². The van der Waals surface area contributed by atoms with Gasteiger partial charge in [-0.1, -0.05) is 326 Å². The number of rotatable bonds is 61. The third-order valence-corrected chi connectivity index (χ3v) is 14.6. The van der Waals surface area contributed by atoms with E-state index in [1.165, 1.54) is 231 Å². The number of carbonyl (C=O) groups excluding carboxylic acids is 2. The maximum Gasteiger partial charge on any atom is 0.306 e. The largest absolute Gasteiger partial charge is 0.462 e. The highest BCUT2D eigenvalue weighted by atomic mass is 16.6. The van der Waals surface area contributed by atoms with Crippen LogP contribution in [0.15, 0.2) is 60.8 Å². The van der Waals surface area contributed by atoms with Crippen molar-refractivity contribution >= 4 is 11.9 Å². The van der Waals surface area contributed by atoms with Crippen LogP contribution in [0.2, 0.25) is 0 Å². The Morgan fingerprint density at radius 1 is 0.311 bits per heavy atom. The normalized spacial score (nSPS) is 12.5. The number of hydrogen-bond acceptors (Lipinski definition) is 5. The van der Waals surface area contributed by atoms with Gasteiger partial charge in [0.2, 0.25) is 0 Å². The van der Waals surface area contributed by atoms with E-state index in [4.69, 9.17) is 14.2 Å². The Hall–Kier alpha value is -2.40. The summed E-state index contributed by atoms with van der Waals surface area (Å²) in [5.41, 5.74) is 0. The average Bonchev–Trinajstić information content (AvgIpc) is 3.40. The molecule has 0 aliphatic carbocycles. The number of esters is 2. The molecule has 1 unspecified atom stereocenters. The van der Waals surface area contributed by atoms with Crippen molar-refractivity contribution in [1.82, 2.24) is 0 Å². The van der Waals surface area contributed by atoms with Gasteiger partial charge in [-0.15, -0.1) is 0 Å². The van der Waals surface area contributed by atoms with E-state index in [-0.39, 0.29) is 25.2 Å².